The first-order valence-corrected chi connectivity index (χ1v) is 13.3. The van der Waals surface area contributed by atoms with Crippen LogP contribution in [0, 0.1) is 0 Å². The highest BCUT2D eigenvalue weighted by Crippen LogP contribution is 2.30. The van der Waals surface area contributed by atoms with Gasteiger partial charge in [0.15, 0.2) is 5.82 Å². The number of alkyl halides is 2. The molecule has 0 unspecified atom stereocenters. The van der Waals surface area contributed by atoms with Crippen LogP contribution in [0.4, 0.5) is 20.4 Å². The van der Waals surface area contributed by atoms with Gasteiger partial charge in [-0.05, 0) is 44.4 Å². The molecule has 6 rings (SSSR count). The Kier molecular flexibility index (Phi) is 7.07. The van der Waals surface area contributed by atoms with E-state index in [1.807, 2.05) is 6.07 Å². The van der Waals surface area contributed by atoms with Crippen LogP contribution in [0.2, 0.25) is 0 Å². The molecular formula is C26H32F2N8O2. The molecule has 10 nitrogen and oxygen atoms in total. The van der Waals surface area contributed by atoms with Crippen LogP contribution in [0.3, 0.4) is 0 Å². The normalized spacial score (nSPS) is 21.0. The molecule has 2 N–H and O–H groups in total. The van der Waals surface area contributed by atoms with E-state index in [0.29, 0.717) is 62.1 Å². The number of amides is 1. The lowest BCUT2D eigenvalue weighted by Crippen LogP contribution is -2.49. The summed E-state index contributed by atoms with van der Waals surface area (Å²) in [5.74, 6) is 1.23. The van der Waals surface area contributed by atoms with Crippen molar-refractivity contribution in [3.63, 3.8) is 0 Å². The van der Waals surface area contributed by atoms with Gasteiger partial charge in [-0.15, -0.1) is 0 Å². The zero-order valence-electron chi connectivity index (χ0n) is 21.2. The molecule has 3 aliphatic rings. The van der Waals surface area contributed by atoms with Crippen molar-refractivity contribution in [3.05, 3.63) is 36.2 Å². The van der Waals surface area contributed by atoms with Gasteiger partial charge in [0.1, 0.15) is 11.6 Å². The Morgan fingerprint density at radius 3 is 2.39 bits per heavy atom. The molecule has 38 heavy (non-hydrogen) atoms. The van der Waals surface area contributed by atoms with Crippen molar-refractivity contribution in [2.75, 3.05) is 55.7 Å². The second-order valence-electron chi connectivity index (χ2n) is 10.00. The summed E-state index contributed by atoms with van der Waals surface area (Å²) in [5, 5.41) is 6.44. The average Bonchev–Trinajstić information content (AvgIpc) is 3.63. The quantitative estimate of drug-likeness (QED) is 0.505. The lowest BCUT2D eigenvalue weighted by Gasteiger charge is -2.34. The summed E-state index contributed by atoms with van der Waals surface area (Å²) in [6.07, 6.45) is 0.678. The van der Waals surface area contributed by atoms with Gasteiger partial charge in [0.2, 0.25) is 11.9 Å². The maximum Gasteiger partial charge on any atom is 0.296 e. The molecule has 1 amide bonds. The first-order valence-electron chi connectivity index (χ1n) is 13.3. The van der Waals surface area contributed by atoms with Crippen molar-refractivity contribution in [1.29, 1.82) is 0 Å². The summed E-state index contributed by atoms with van der Waals surface area (Å²) in [5.41, 5.74) is 1.01. The number of hydrogen-bond acceptors (Lipinski definition) is 8. The molecule has 0 aliphatic carbocycles. The minimum Gasteiger partial charge on any atom is -0.378 e. The monoisotopic (exact) mass is 526 g/mol. The fourth-order valence-corrected chi connectivity index (χ4v) is 5.49. The van der Waals surface area contributed by atoms with E-state index in [9.17, 15) is 13.6 Å². The Labute approximate surface area is 219 Å². The fraction of sp³-hybridized carbons (Fsp3) is 0.538. The predicted molar refractivity (Wildman–Crippen MR) is 139 cm³/mol. The topological polar surface area (TPSA) is 100 Å². The standard InChI is InChI=1S/C26H32F2N8O2/c27-23(28)24-31-18-4-1-2-6-20(18)36(24)26-32-21(16-22(33-26)35-12-14-38-15-13-35)34-10-7-17(8-11-34)30-25(37)19-5-3-9-29-19/h1-2,4,6,16-17,19,23,29H,3,5,7-15H2,(H,30,37)/t19-/m0/s1. The number of anilines is 2. The number of morpholine rings is 1. The van der Waals surface area contributed by atoms with Crippen molar-refractivity contribution in [2.24, 2.45) is 0 Å². The second-order valence-corrected chi connectivity index (χ2v) is 10.00. The SMILES string of the molecule is O=C(NC1CCN(c2cc(N3CCOCC3)nc(-n3c(C(F)F)nc4ccccc43)n2)CC1)[C@@H]1CCCN1. The molecule has 0 saturated carbocycles. The van der Waals surface area contributed by atoms with Gasteiger partial charge in [-0.1, -0.05) is 12.1 Å². The molecule has 2 aromatic heterocycles. The highest BCUT2D eigenvalue weighted by Gasteiger charge is 2.29. The molecule has 1 atom stereocenters. The van der Waals surface area contributed by atoms with Crippen LogP contribution in [-0.2, 0) is 9.53 Å². The van der Waals surface area contributed by atoms with Crippen molar-refractivity contribution in [3.8, 4) is 5.95 Å². The van der Waals surface area contributed by atoms with E-state index in [-0.39, 0.29) is 29.8 Å². The maximum atomic E-state index is 14.1. The lowest BCUT2D eigenvalue weighted by molar-refractivity contribution is -0.123. The van der Waals surface area contributed by atoms with E-state index in [1.165, 1.54) is 4.57 Å². The number of rotatable bonds is 6. The minimum atomic E-state index is -2.78. The van der Waals surface area contributed by atoms with Crippen molar-refractivity contribution in [1.82, 2.24) is 30.2 Å². The molecule has 12 heteroatoms. The zero-order valence-corrected chi connectivity index (χ0v) is 21.2. The van der Waals surface area contributed by atoms with Crippen LogP contribution < -0.4 is 20.4 Å². The maximum absolute atomic E-state index is 14.1. The first kappa shape index (κ1) is 24.9. The molecule has 0 radical (unpaired) electrons. The van der Waals surface area contributed by atoms with Crippen molar-refractivity contribution >= 4 is 28.6 Å². The van der Waals surface area contributed by atoms with Gasteiger partial charge in [0, 0.05) is 38.3 Å². The van der Waals surface area contributed by atoms with Gasteiger partial charge in [-0.25, -0.2) is 13.8 Å². The third kappa shape index (κ3) is 5.02. The van der Waals surface area contributed by atoms with E-state index in [4.69, 9.17) is 14.7 Å². The molecule has 1 aromatic carbocycles. The Morgan fingerprint density at radius 2 is 1.71 bits per heavy atom. The number of piperidine rings is 1. The largest absolute Gasteiger partial charge is 0.378 e. The molecular weight excluding hydrogens is 494 g/mol. The van der Waals surface area contributed by atoms with Crippen LogP contribution in [0.25, 0.3) is 17.0 Å². The third-order valence-corrected chi connectivity index (χ3v) is 7.55. The van der Waals surface area contributed by atoms with E-state index >= 15 is 0 Å². The van der Waals surface area contributed by atoms with Gasteiger partial charge in [0.05, 0.1) is 30.3 Å². The number of benzene rings is 1. The minimum absolute atomic E-state index is 0.0754. The summed E-state index contributed by atoms with van der Waals surface area (Å²) in [4.78, 5) is 30.5. The first-order chi connectivity index (χ1) is 18.6. The van der Waals surface area contributed by atoms with Crippen molar-refractivity contribution in [2.45, 2.75) is 44.2 Å². The van der Waals surface area contributed by atoms with E-state index in [2.05, 4.69) is 25.4 Å². The number of ether oxygens (including phenoxy) is 1. The van der Waals surface area contributed by atoms with Crippen molar-refractivity contribution < 1.29 is 18.3 Å². The van der Waals surface area contributed by atoms with Gasteiger partial charge in [-0.3, -0.25) is 9.36 Å². The Morgan fingerprint density at radius 1 is 1.00 bits per heavy atom. The number of carbonyl (C=O) groups excluding carboxylic acids is 1. The third-order valence-electron chi connectivity index (χ3n) is 7.55. The molecule has 3 aliphatic heterocycles. The summed E-state index contributed by atoms with van der Waals surface area (Å²) < 4.78 is 35.1. The molecule has 0 spiro atoms. The van der Waals surface area contributed by atoms with Gasteiger partial charge in [0.25, 0.3) is 6.43 Å². The zero-order chi connectivity index (χ0) is 26.1. The molecule has 3 saturated heterocycles. The number of halogens is 2. The number of aromatic nitrogens is 4. The number of carbonyl (C=O) groups is 1. The van der Waals surface area contributed by atoms with E-state index in [1.54, 1.807) is 24.3 Å². The number of nitrogens with one attached hydrogen (secondary N) is 2. The molecule has 3 fully saturated rings. The van der Waals surface area contributed by atoms with Gasteiger partial charge < -0.3 is 25.2 Å². The summed E-state index contributed by atoms with van der Waals surface area (Å²) in [7, 11) is 0. The number of para-hydroxylation sites is 2. The lowest BCUT2D eigenvalue weighted by atomic mass is 10.0. The Bertz CT molecular complexity index is 1280. The van der Waals surface area contributed by atoms with Crippen LogP contribution in [-0.4, -0.2) is 83.4 Å². The van der Waals surface area contributed by atoms with Gasteiger partial charge >= 0.3 is 0 Å². The number of imidazole rings is 1. The van der Waals surface area contributed by atoms with Crippen LogP contribution in [0.1, 0.15) is 37.9 Å². The highest BCUT2D eigenvalue weighted by molar-refractivity contribution is 5.82. The van der Waals surface area contributed by atoms with Crippen LogP contribution in [0.5, 0.6) is 0 Å². The Balaban J connectivity index is 1.30. The number of fused-ring (bicyclic) bond motifs is 1. The van der Waals surface area contributed by atoms with E-state index in [0.717, 1.165) is 32.2 Å². The summed E-state index contributed by atoms with van der Waals surface area (Å²) >= 11 is 0. The second kappa shape index (κ2) is 10.8. The average molecular weight is 527 g/mol. The summed E-state index contributed by atoms with van der Waals surface area (Å²) in [6.45, 7) is 4.73. The predicted octanol–water partition coefficient (Wildman–Crippen LogP) is 2.43. The number of hydrogen-bond donors (Lipinski definition) is 2. The Hall–Kier alpha value is -3.38. The van der Waals surface area contributed by atoms with E-state index < -0.39 is 6.43 Å². The molecule has 202 valence electrons. The summed E-state index contributed by atoms with van der Waals surface area (Å²) in [6, 6.07) is 8.97. The number of nitrogens with zero attached hydrogens (tertiary/aromatic N) is 6. The van der Waals surface area contributed by atoms with Crippen LogP contribution in [0.15, 0.2) is 30.3 Å². The molecule has 5 heterocycles. The van der Waals surface area contributed by atoms with Crippen LogP contribution >= 0.6 is 0 Å². The smallest absolute Gasteiger partial charge is 0.296 e. The highest BCUT2D eigenvalue weighted by atomic mass is 19.3. The fourth-order valence-electron chi connectivity index (χ4n) is 5.49. The molecule has 0 bridgehead atoms. The van der Waals surface area contributed by atoms with Gasteiger partial charge in [-0.2, -0.15) is 9.97 Å². The molecule has 3 aromatic rings.